The zero-order valence-corrected chi connectivity index (χ0v) is 13.3. The molecule has 5 nitrogen and oxygen atoms in total. The molecule has 1 N–H and O–H groups in total. The zero-order chi connectivity index (χ0) is 17.4. The molecule has 3 aromatic rings. The van der Waals surface area contributed by atoms with Gasteiger partial charge in [0.2, 0.25) is 5.16 Å². The van der Waals surface area contributed by atoms with E-state index < -0.39 is 11.7 Å². The molecule has 1 aliphatic heterocycles. The molecule has 0 bridgehead atoms. The van der Waals surface area contributed by atoms with E-state index in [-0.39, 0.29) is 0 Å². The molecule has 0 fully saturated rings. The molecule has 0 saturated carbocycles. The highest BCUT2D eigenvalue weighted by atomic mass is 32.2. The molecule has 9 heteroatoms. The van der Waals surface area contributed by atoms with Gasteiger partial charge in [-0.05, 0) is 24.3 Å². The van der Waals surface area contributed by atoms with Crippen molar-refractivity contribution >= 4 is 17.5 Å². The molecule has 0 atom stereocenters. The number of pyridine rings is 1. The Morgan fingerprint density at radius 3 is 2.64 bits per heavy atom. The van der Waals surface area contributed by atoms with Gasteiger partial charge in [-0.2, -0.15) is 13.2 Å². The number of hydrogen-bond donors (Lipinski definition) is 1. The first-order valence-electron chi connectivity index (χ1n) is 7.20. The number of hydrogen-bond acceptors (Lipinski definition) is 5. The smallest absolute Gasteiger partial charge is 0.289 e. The molecular weight excluding hydrogens is 351 g/mol. The average molecular weight is 361 g/mol. The maximum Gasteiger partial charge on any atom is 0.416 e. The molecule has 25 heavy (non-hydrogen) atoms. The Morgan fingerprint density at radius 2 is 1.88 bits per heavy atom. The summed E-state index contributed by atoms with van der Waals surface area (Å²) in [6.45, 7) is 0. The van der Waals surface area contributed by atoms with Crippen molar-refractivity contribution in [2.75, 3.05) is 5.43 Å². The molecular formula is C16H10F3N5S. The van der Waals surface area contributed by atoms with E-state index in [1.54, 1.807) is 34.6 Å². The lowest BCUT2D eigenvalue weighted by atomic mass is 10.1. The molecule has 0 saturated heterocycles. The zero-order valence-electron chi connectivity index (χ0n) is 12.5. The number of benzene rings is 1. The lowest BCUT2D eigenvalue weighted by Gasteiger charge is -2.19. The maximum absolute atomic E-state index is 12.9. The molecule has 1 aromatic carbocycles. The first-order chi connectivity index (χ1) is 12.0. The second-order valence-corrected chi connectivity index (χ2v) is 6.06. The van der Waals surface area contributed by atoms with Crippen molar-refractivity contribution in [3.05, 3.63) is 65.3 Å². The van der Waals surface area contributed by atoms with Gasteiger partial charge in [0.25, 0.3) is 0 Å². The van der Waals surface area contributed by atoms with E-state index in [2.05, 4.69) is 20.6 Å². The molecule has 3 heterocycles. The van der Waals surface area contributed by atoms with Gasteiger partial charge >= 0.3 is 6.18 Å². The highest BCUT2D eigenvalue weighted by molar-refractivity contribution is 8.02. The number of nitrogens with one attached hydrogen (secondary N) is 1. The van der Waals surface area contributed by atoms with Crippen LogP contribution in [0.3, 0.4) is 0 Å². The minimum atomic E-state index is -4.39. The van der Waals surface area contributed by atoms with Gasteiger partial charge < -0.3 is 0 Å². The summed E-state index contributed by atoms with van der Waals surface area (Å²) in [5.74, 6) is 0.535. The Balaban J connectivity index is 1.69. The van der Waals surface area contributed by atoms with E-state index in [4.69, 9.17) is 0 Å². The second kappa shape index (κ2) is 5.92. The number of aromatic nitrogens is 4. The normalized spacial score (nSPS) is 13.8. The van der Waals surface area contributed by atoms with Crippen LogP contribution in [-0.4, -0.2) is 19.9 Å². The standard InChI is InChI=1S/C16H10F3N5S/c17-16(18,19)12-5-1-3-10(7-12)13-9-25-15-22-21-14(24(15)23-13)11-4-2-6-20-8-11/h1-9,23H. The van der Waals surface area contributed by atoms with E-state index >= 15 is 0 Å². The summed E-state index contributed by atoms with van der Waals surface area (Å²) in [5.41, 5.74) is 4.10. The van der Waals surface area contributed by atoms with Crippen molar-refractivity contribution in [3.63, 3.8) is 0 Å². The SMILES string of the molecule is FC(F)(F)c1cccc(C2=CSc3nnc(-c4cccnc4)n3N2)c1. The van der Waals surface area contributed by atoms with Crippen LogP contribution in [0, 0.1) is 0 Å². The van der Waals surface area contributed by atoms with E-state index in [0.29, 0.717) is 22.2 Å². The van der Waals surface area contributed by atoms with Crippen LogP contribution in [0.4, 0.5) is 13.2 Å². The van der Waals surface area contributed by atoms with E-state index in [9.17, 15) is 13.2 Å². The average Bonchev–Trinajstić information content (AvgIpc) is 3.05. The van der Waals surface area contributed by atoms with Crippen molar-refractivity contribution in [1.82, 2.24) is 19.9 Å². The monoisotopic (exact) mass is 361 g/mol. The summed E-state index contributed by atoms with van der Waals surface area (Å²) >= 11 is 1.28. The number of fused-ring (bicyclic) bond motifs is 1. The van der Waals surface area contributed by atoms with E-state index in [1.807, 2.05) is 6.07 Å². The summed E-state index contributed by atoms with van der Waals surface area (Å²) in [4.78, 5) is 4.05. The molecule has 1 aliphatic rings. The van der Waals surface area contributed by atoms with E-state index in [0.717, 1.165) is 17.7 Å². The van der Waals surface area contributed by atoms with Gasteiger partial charge in [-0.25, -0.2) is 4.68 Å². The minimum absolute atomic E-state index is 0.429. The fraction of sp³-hybridized carbons (Fsp3) is 0.0625. The van der Waals surface area contributed by atoms with Crippen LogP contribution in [0.2, 0.25) is 0 Å². The van der Waals surface area contributed by atoms with Gasteiger partial charge in [-0.15, -0.1) is 10.2 Å². The third-order valence-corrected chi connectivity index (χ3v) is 4.40. The molecule has 0 aliphatic carbocycles. The van der Waals surface area contributed by atoms with Crippen LogP contribution < -0.4 is 5.43 Å². The molecule has 4 rings (SSSR count). The summed E-state index contributed by atoms with van der Waals surface area (Å²) < 4.78 is 40.4. The summed E-state index contributed by atoms with van der Waals surface area (Å²) in [7, 11) is 0. The van der Waals surface area contributed by atoms with Gasteiger partial charge in [0, 0.05) is 28.9 Å². The van der Waals surface area contributed by atoms with Crippen molar-refractivity contribution in [2.45, 2.75) is 11.3 Å². The fourth-order valence-corrected chi connectivity index (χ4v) is 3.12. The van der Waals surface area contributed by atoms with Crippen molar-refractivity contribution in [3.8, 4) is 11.4 Å². The van der Waals surface area contributed by atoms with Crippen molar-refractivity contribution < 1.29 is 13.2 Å². The predicted molar refractivity (Wildman–Crippen MR) is 87.9 cm³/mol. The van der Waals surface area contributed by atoms with Crippen molar-refractivity contribution in [1.29, 1.82) is 0 Å². The minimum Gasteiger partial charge on any atom is -0.289 e. The lowest BCUT2D eigenvalue weighted by molar-refractivity contribution is -0.137. The maximum atomic E-state index is 12.9. The summed E-state index contributed by atoms with van der Waals surface area (Å²) in [6.07, 6.45) is -1.10. The third-order valence-electron chi connectivity index (χ3n) is 3.57. The van der Waals surface area contributed by atoms with Gasteiger partial charge in [0.1, 0.15) is 0 Å². The lowest BCUT2D eigenvalue weighted by Crippen LogP contribution is -2.18. The Kier molecular flexibility index (Phi) is 3.72. The predicted octanol–water partition coefficient (Wildman–Crippen LogP) is 4.01. The molecule has 0 amide bonds. The molecule has 0 radical (unpaired) electrons. The molecule has 0 unspecified atom stereocenters. The van der Waals surface area contributed by atoms with Crippen LogP contribution >= 0.6 is 11.8 Å². The fourth-order valence-electron chi connectivity index (χ4n) is 2.38. The van der Waals surface area contributed by atoms with Gasteiger partial charge in [-0.1, -0.05) is 23.9 Å². The number of thioether (sulfide) groups is 1. The Morgan fingerprint density at radius 1 is 1.04 bits per heavy atom. The Labute approximate surface area is 144 Å². The number of rotatable bonds is 2. The first-order valence-corrected chi connectivity index (χ1v) is 8.07. The van der Waals surface area contributed by atoms with Crippen LogP contribution in [-0.2, 0) is 6.18 Å². The van der Waals surface area contributed by atoms with Gasteiger partial charge in [0.15, 0.2) is 5.82 Å². The van der Waals surface area contributed by atoms with Crippen LogP contribution in [0.25, 0.3) is 17.1 Å². The molecule has 0 spiro atoms. The van der Waals surface area contributed by atoms with E-state index in [1.165, 1.54) is 17.8 Å². The third kappa shape index (κ3) is 2.98. The second-order valence-electron chi connectivity index (χ2n) is 5.22. The highest BCUT2D eigenvalue weighted by Crippen LogP contribution is 2.34. The Bertz CT molecular complexity index is 950. The highest BCUT2D eigenvalue weighted by Gasteiger charge is 2.31. The van der Waals surface area contributed by atoms with Crippen LogP contribution in [0.5, 0.6) is 0 Å². The number of halogens is 3. The molecule has 2 aromatic heterocycles. The summed E-state index contributed by atoms with van der Waals surface area (Å²) in [6, 6.07) is 8.77. The Hall–Kier alpha value is -2.81. The topological polar surface area (TPSA) is 55.6 Å². The quantitative estimate of drug-likeness (QED) is 0.748. The molecule has 126 valence electrons. The van der Waals surface area contributed by atoms with Crippen LogP contribution in [0.15, 0.2) is 59.4 Å². The largest absolute Gasteiger partial charge is 0.416 e. The first kappa shape index (κ1) is 15.7. The summed E-state index contributed by atoms with van der Waals surface area (Å²) in [5, 5.41) is 10.5. The van der Waals surface area contributed by atoms with Crippen LogP contribution in [0.1, 0.15) is 11.1 Å². The number of nitrogens with zero attached hydrogens (tertiary/aromatic N) is 4. The number of alkyl halides is 3. The van der Waals surface area contributed by atoms with Crippen molar-refractivity contribution in [2.24, 2.45) is 0 Å². The van der Waals surface area contributed by atoms with Gasteiger partial charge in [-0.3, -0.25) is 10.4 Å². The van der Waals surface area contributed by atoms with Gasteiger partial charge in [0.05, 0.1) is 11.3 Å².